The van der Waals surface area contributed by atoms with E-state index in [0.717, 1.165) is 30.9 Å². The Bertz CT molecular complexity index is 516. The summed E-state index contributed by atoms with van der Waals surface area (Å²) in [4.78, 5) is 0. The topological polar surface area (TPSA) is 39.7 Å². The van der Waals surface area contributed by atoms with Crippen LogP contribution in [0.4, 0.5) is 5.69 Å². The third-order valence-electron chi connectivity index (χ3n) is 4.59. The lowest BCUT2D eigenvalue weighted by atomic mass is 9.74. The number of ether oxygens (including phenoxy) is 3. The molecule has 0 amide bonds. The molecular weight excluding hydrogens is 290 g/mol. The molecule has 1 aliphatic carbocycles. The molecule has 116 valence electrons. The highest BCUT2D eigenvalue weighted by Gasteiger charge is 2.42. The molecule has 0 bridgehead atoms. The van der Waals surface area contributed by atoms with E-state index in [2.05, 4.69) is 5.32 Å². The van der Waals surface area contributed by atoms with Crippen LogP contribution in [0.15, 0.2) is 12.1 Å². The van der Waals surface area contributed by atoms with Crippen molar-refractivity contribution in [2.45, 2.75) is 43.7 Å². The van der Waals surface area contributed by atoms with Gasteiger partial charge in [-0.2, -0.15) is 0 Å². The van der Waals surface area contributed by atoms with Crippen molar-refractivity contribution in [1.82, 2.24) is 0 Å². The van der Waals surface area contributed by atoms with Gasteiger partial charge in [0.15, 0.2) is 0 Å². The van der Waals surface area contributed by atoms with E-state index in [4.69, 9.17) is 25.8 Å². The molecule has 2 aliphatic rings. The molecule has 5 heteroatoms. The van der Waals surface area contributed by atoms with Crippen molar-refractivity contribution >= 4 is 17.3 Å². The minimum Gasteiger partial charge on any atom is -0.495 e. The minimum absolute atomic E-state index is 0.124. The summed E-state index contributed by atoms with van der Waals surface area (Å²) in [6.45, 7) is 0.823. The van der Waals surface area contributed by atoms with E-state index in [9.17, 15) is 0 Å². The zero-order valence-electron chi connectivity index (χ0n) is 12.6. The van der Waals surface area contributed by atoms with Crippen LogP contribution >= 0.6 is 11.6 Å². The number of rotatable bonds is 4. The average molecular weight is 312 g/mol. The van der Waals surface area contributed by atoms with Crippen molar-refractivity contribution in [3.63, 3.8) is 0 Å². The van der Waals surface area contributed by atoms with Crippen molar-refractivity contribution in [1.29, 1.82) is 0 Å². The van der Waals surface area contributed by atoms with Crippen LogP contribution in [-0.2, 0) is 4.74 Å². The van der Waals surface area contributed by atoms with E-state index < -0.39 is 0 Å². The lowest BCUT2D eigenvalue weighted by Gasteiger charge is -2.47. The maximum absolute atomic E-state index is 6.23. The average Bonchev–Trinajstić information content (AvgIpc) is 2.46. The van der Waals surface area contributed by atoms with E-state index in [1.165, 1.54) is 19.3 Å². The quantitative estimate of drug-likeness (QED) is 0.916. The van der Waals surface area contributed by atoms with Gasteiger partial charge in [-0.15, -0.1) is 0 Å². The second-order valence-electron chi connectivity index (χ2n) is 5.91. The zero-order chi connectivity index (χ0) is 14.9. The number of anilines is 1. The Morgan fingerprint density at radius 2 is 2.00 bits per heavy atom. The predicted molar refractivity (Wildman–Crippen MR) is 83.7 cm³/mol. The fraction of sp³-hybridized carbons (Fsp3) is 0.625. The molecule has 3 rings (SSSR count). The summed E-state index contributed by atoms with van der Waals surface area (Å²) in [5, 5.41) is 4.16. The first kappa shape index (κ1) is 14.8. The first-order valence-electron chi connectivity index (χ1n) is 7.48. The molecule has 1 aromatic rings. The molecule has 1 saturated carbocycles. The maximum Gasteiger partial charge on any atom is 0.145 e. The lowest BCUT2D eigenvalue weighted by Crippen LogP contribution is -2.49. The van der Waals surface area contributed by atoms with Crippen LogP contribution in [0.25, 0.3) is 0 Å². The highest BCUT2D eigenvalue weighted by atomic mass is 35.5. The number of benzene rings is 1. The maximum atomic E-state index is 6.23. The van der Waals surface area contributed by atoms with Gasteiger partial charge in [-0.05, 0) is 38.2 Å². The third kappa shape index (κ3) is 2.92. The lowest BCUT2D eigenvalue weighted by molar-refractivity contribution is -0.130. The second kappa shape index (κ2) is 5.93. The van der Waals surface area contributed by atoms with Gasteiger partial charge < -0.3 is 19.5 Å². The number of halogens is 1. The van der Waals surface area contributed by atoms with Crippen LogP contribution < -0.4 is 14.8 Å². The Hall–Kier alpha value is -1.13. The number of nitrogens with one attached hydrogen (secondary N) is 1. The standard InChI is InChI=1S/C16H22ClNO3/c1-19-14-9-15(20-2)13(8-12(14)17)18-11-4-7-21-16(10-11)5-3-6-16/h8-9,11,18H,3-7,10H2,1-2H3. The largest absolute Gasteiger partial charge is 0.495 e. The van der Waals surface area contributed by atoms with Crippen LogP contribution in [0, 0.1) is 0 Å². The fourth-order valence-corrected chi connectivity index (χ4v) is 3.50. The van der Waals surface area contributed by atoms with Crippen LogP contribution in [-0.4, -0.2) is 32.5 Å². The SMILES string of the molecule is COc1cc(OC)c(NC2CCOC3(CCC3)C2)cc1Cl. The Kier molecular flexibility index (Phi) is 4.18. The predicted octanol–water partition coefficient (Wildman–Crippen LogP) is 3.87. The molecule has 4 nitrogen and oxygen atoms in total. The van der Waals surface area contributed by atoms with E-state index >= 15 is 0 Å². The van der Waals surface area contributed by atoms with Gasteiger partial charge in [0, 0.05) is 18.7 Å². The first-order chi connectivity index (χ1) is 10.2. The minimum atomic E-state index is 0.124. The molecule has 1 aliphatic heterocycles. The van der Waals surface area contributed by atoms with Crippen LogP contribution in [0.1, 0.15) is 32.1 Å². The van der Waals surface area contributed by atoms with Crippen molar-refractivity contribution in [2.24, 2.45) is 0 Å². The molecule has 1 unspecified atom stereocenters. The third-order valence-corrected chi connectivity index (χ3v) is 4.89. The molecule has 2 fully saturated rings. The number of hydrogen-bond donors (Lipinski definition) is 1. The van der Waals surface area contributed by atoms with Crippen molar-refractivity contribution in [3.05, 3.63) is 17.2 Å². The van der Waals surface area contributed by atoms with Gasteiger partial charge in [-0.3, -0.25) is 0 Å². The van der Waals surface area contributed by atoms with Crippen LogP contribution in [0.2, 0.25) is 5.02 Å². The summed E-state index contributed by atoms with van der Waals surface area (Å²) in [7, 11) is 3.26. The monoisotopic (exact) mass is 311 g/mol. The Balaban J connectivity index is 1.76. The summed E-state index contributed by atoms with van der Waals surface area (Å²) in [5.74, 6) is 1.38. The Labute approximate surface area is 130 Å². The van der Waals surface area contributed by atoms with Crippen molar-refractivity contribution in [2.75, 3.05) is 26.1 Å². The van der Waals surface area contributed by atoms with E-state index in [1.54, 1.807) is 14.2 Å². The summed E-state index contributed by atoms with van der Waals surface area (Å²) >= 11 is 6.23. The highest BCUT2D eigenvalue weighted by molar-refractivity contribution is 6.32. The summed E-state index contributed by atoms with van der Waals surface area (Å²) in [6.07, 6.45) is 5.72. The van der Waals surface area contributed by atoms with E-state index in [1.807, 2.05) is 12.1 Å². The molecule has 0 aromatic heterocycles. The molecule has 21 heavy (non-hydrogen) atoms. The van der Waals surface area contributed by atoms with Gasteiger partial charge >= 0.3 is 0 Å². The van der Waals surface area contributed by atoms with Gasteiger partial charge in [0.25, 0.3) is 0 Å². The Morgan fingerprint density at radius 1 is 1.24 bits per heavy atom. The van der Waals surface area contributed by atoms with Crippen molar-refractivity contribution in [3.8, 4) is 11.5 Å². The molecule has 1 atom stereocenters. The normalized spacial score (nSPS) is 23.5. The van der Waals surface area contributed by atoms with Crippen LogP contribution in [0.3, 0.4) is 0 Å². The molecule has 1 heterocycles. The zero-order valence-corrected chi connectivity index (χ0v) is 13.3. The number of hydrogen-bond acceptors (Lipinski definition) is 4. The van der Waals surface area contributed by atoms with E-state index in [-0.39, 0.29) is 5.60 Å². The molecule has 1 N–H and O–H groups in total. The van der Waals surface area contributed by atoms with Gasteiger partial charge in [0.05, 0.1) is 30.5 Å². The van der Waals surface area contributed by atoms with Gasteiger partial charge in [-0.25, -0.2) is 0 Å². The van der Waals surface area contributed by atoms with Crippen LogP contribution in [0.5, 0.6) is 11.5 Å². The van der Waals surface area contributed by atoms with Gasteiger partial charge in [0.1, 0.15) is 11.5 Å². The first-order valence-corrected chi connectivity index (χ1v) is 7.86. The number of methoxy groups -OCH3 is 2. The van der Waals surface area contributed by atoms with Gasteiger partial charge in [0.2, 0.25) is 0 Å². The summed E-state index contributed by atoms with van der Waals surface area (Å²) < 4.78 is 16.6. The molecular formula is C16H22ClNO3. The highest BCUT2D eigenvalue weighted by Crippen LogP contribution is 2.44. The Morgan fingerprint density at radius 3 is 2.62 bits per heavy atom. The molecule has 1 aromatic carbocycles. The molecule has 0 radical (unpaired) electrons. The molecule has 1 spiro atoms. The molecule has 1 saturated heterocycles. The van der Waals surface area contributed by atoms with E-state index in [0.29, 0.717) is 16.8 Å². The smallest absolute Gasteiger partial charge is 0.145 e. The fourth-order valence-electron chi connectivity index (χ4n) is 3.26. The van der Waals surface area contributed by atoms with Gasteiger partial charge in [-0.1, -0.05) is 11.6 Å². The summed E-state index contributed by atoms with van der Waals surface area (Å²) in [6, 6.07) is 4.10. The van der Waals surface area contributed by atoms with Crippen molar-refractivity contribution < 1.29 is 14.2 Å². The second-order valence-corrected chi connectivity index (χ2v) is 6.31. The summed E-state index contributed by atoms with van der Waals surface area (Å²) in [5.41, 5.74) is 1.05.